The van der Waals surface area contributed by atoms with E-state index in [-0.39, 0.29) is 0 Å². The molecule has 1 aliphatic heterocycles. The summed E-state index contributed by atoms with van der Waals surface area (Å²) >= 11 is 0. The van der Waals surface area contributed by atoms with Gasteiger partial charge in [0, 0.05) is 19.6 Å². The molecular formula is C14H20FN. The van der Waals surface area contributed by atoms with Crippen LogP contribution >= 0.6 is 0 Å². The Morgan fingerprint density at radius 1 is 1.31 bits per heavy atom. The van der Waals surface area contributed by atoms with Crippen molar-refractivity contribution in [1.29, 1.82) is 0 Å². The molecule has 2 heteroatoms. The highest BCUT2D eigenvalue weighted by Gasteiger charge is 2.21. The number of likely N-dealkylation sites (tertiary alicyclic amines) is 1. The summed E-state index contributed by atoms with van der Waals surface area (Å²) in [7, 11) is 0. The molecule has 1 atom stereocenters. The van der Waals surface area contributed by atoms with Gasteiger partial charge in [0.25, 0.3) is 0 Å². The molecule has 1 unspecified atom stereocenters. The minimum atomic E-state index is -0.616. The van der Waals surface area contributed by atoms with Gasteiger partial charge in [0.15, 0.2) is 0 Å². The van der Waals surface area contributed by atoms with Crippen LogP contribution in [0.2, 0.25) is 0 Å². The van der Waals surface area contributed by atoms with Gasteiger partial charge < -0.3 is 0 Å². The molecule has 1 fully saturated rings. The zero-order valence-corrected chi connectivity index (χ0v) is 10.1. The number of hydrogen-bond donors (Lipinski definition) is 0. The number of hydrogen-bond acceptors (Lipinski definition) is 1. The summed E-state index contributed by atoms with van der Waals surface area (Å²) in [5.41, 5.74) is 2.66. The highest BCUT2D eigenvalue weighted by Crippen LogP contribution is 2.18. The Bertz CT molecular complexity index is 331. The van der Waals surface area contributed by atoms with Gasteiger partial charge in [-0.25, -0.2) is 4.39 Å². The second kappa shape index (κ2) is 4.96. The van der Waals surface area contributed by atoms with Crippen LogP contribution in [0.25, 0.3) is 0 Å². The average molecular weight is 221 g/mol. The fraction of sp³-hybridized carbons (Fsp3) is 0.571. The maximum absolute atomic E-state index is 13.0. The van der Waals surface area contributed by atoms with Crippen molar-refractivity contribution in [2.75, 3.05) is 13.1 Å². The van der Waals surface area contributed by atoms with Gasteiger partial charge in [-0.1, -0.05) is 38.1 Å². The second-order valence-electron chi connectivity index (χ2n) is 5.02. The van der Waals surface area contributed by atoms with Gasteiger partial charge in [-0.15, -0.1) is 0 Å². The van der Waals surface area contributed by atoms with Crippen molar-refractivity contribution in [3.8, 4) is 0 Å². The first-order chi connectivity index (χ1) is 7.65. The molecule has 0 aromatic heterocycles. The van der Waals surface area contributed by atoms with E-state index in [1.165, 1.54) is 11.1 Å². The summed E-state index contributed by atoms with van der Waals surface area (Å²) in [4.78, 5) is 2.19. The number of alkyl halides is 1. The molecular weight excluding hydrogens is 201 g/mol. The Labute approximate surface area is 97.3 Å². The SMILES string of the molecule is CC(C)c1ccc(CN2CCC(F)C2)cc1. The molecule has 1 aromatic carbocycles. The third kappa shape index (κ3) is 2.82. The maximum Gasteiger partial charge on any atom is 0.114 e. The van der Waals surface area contributed by atoms with Crippen LogP contribution < -0.4 is 0 Å². The normalized spacial score (nSPS) is 21.9. The van der Waals surface area contributed by atoms with Crippen LogP contribution in [0.1, 0.15) is 37.3 Å². The summed E-state index contributed by atoms with van der Waals surface area (Å²) in [6, 6.07) is 8.70. The lowest BCUT2D eigenvalue weighted by Gasteiger charge is -2.15. The summed E-state index contributed by atoms with van der Waals surface area (Å²) in [6.45, 7) is 6.78. The van der Waals surface area contributed by atoms with Crippen molar-refractivity contribution in [2.24, 2.45) is 0 Å². The first kappa shape index (κ1) is 11.6. The summed E-state index contributed by atoms with van der Waals surface area (Å²) in [6.07, 6.45) is 0.0827. The maximum atomic E-state index is 13.0. The first-order valence-corrected chi connectivity index (χ1v) is 6.10. The lowest BCUT2D eigenvalue weighted by atomic mass is 10.0. The van der Waals surface area contributed by atoms with Gasteiger partial charge in [0.05, 0.1) is 0 Å². The van der Waals surface area contributed by atoms with Crippen molar-refractivity contribution in [1.82, 2.24) is 4.90 Å². The van der Waals surface area contributed by atoms with Crippen molar-refractivity contribution in [3.63, 3.8) is 0 Å². The van der Waals surface area contributed by atoms with E-state index in [2.05, 4.69) is 43.0 Å². The lowest BCUT2D eigenvalue weighted by molar-refractivity contribution is 0.282. The second-order valence-corrected chi connectivity index (χ2v) is 5.02. The minimum Gasteiger partial charge on any atom is -0.296 e. The highest BCUT2D eigenvalue weighted by atomic mass is 19.1. The molecule has 1 nitrogen and oxygen atoms in total. The van der Waals surface area contributed by atoms with E-state index in [4.69, 9.17) is 0 Å². The monoisotopic (exact) mass is 221 g/mol. The topological polar surface area (TPSA) is 3.24 Å². The molecule has 1 aliphatic rings. The Hall–Kier alpha value is -0.890. The average Bonchev–Trinajstić information content (AvgIpc) is 2.65. The van der Waals surface area contributed by atoms with Crippen molar-refractivity contribution in [2.45, 2.75) is 38.9 Å². The fourth-order valence-electron chi connectivity index (χ4n) is 2.20. The van der Waals surface area contributed by atoms with Gasteiger partial charge in [-0.05, 0) is 23.5 Å². The highest BCUT2D eigenvalue weighted by molar-refractivity contribution is 5.24. The van der Waals surface area contributed by atoms with E-state index in [1.807, 2.05) is 0 Å². The van der Waals surface area contributed by atoms with Crippen LogP contribution in [-0.2, 0) is 6.54 Å². The number of halogens is 1. The van der Waals surface area contributed by atoms with E-state index in [1.54, 1.807) is 0 Å². The molecule has 0 radical (unpaired) electrons. The van der Waals surface area contributed by atoms with Crippen LogP contribution in [0, 0.1) is 0 Å². The summed E-state index contributed by atoms with van der Waals surface area (Å²) < 4.78 is 13.0. The number of nitrogens with zero attached hydrogens (tertiary/aromatic N) is 1. The molecule has 0 bridgehead atoms. The van der Waals surface area contributed by atoms with E-state index in [0.717, 1.165) is 13.1 Å². The van der Waals surface area contributed by atoms with E-state index in [0.29, 0.717) is 18.9 Å². The molecule has 0 spiro atoms. The van der Waals surface area contributed by atoms with Crippen LogP contribution in [0.3, 0.4) is 0 Å². The molecule has 0 N–H and O–H groups in total. The van der Waals surface area contributed by atoms with Gasteiger partial charge in [0.1, 0.15) is 6.17 Å². The predicted molar refractivity (Wildman–Crippen MR) is 65.3 cm³/mol. The van der Waals surface area contributed by atoms with Gasteiger partial charge >= 0.3 is 0 Å². The smallest absolute Gasteiger partial charge is 0.114 e. The van der Waals surface area contributed by atoms with Crippen molar-refractivity contribution >= 4 is 0 Å². The van der Waals surface area contributed by atoms with Crippen LogP contribution in [0.5, 0.6) is 0 Å². The molecule has 1 heterocycles. The standard InChI is InChI=1S/C14H20FN/c1-11(2)13-5-3-12(4-6-13)9-16-8-7-14(15)10-16/h3-6,11,14H,7-10H2,1-2H3. The predicted octanol–water partition coefficient (Wildman–Crippen LogP) is 3.35. The Kier molecular flexibility index (Phi) is 3.59. The van der Waals surface area contributed by atoms with Gasteiger partial charge in [-0.2, -0.15) is 0 Å². The largest absolute Gasteiger partial charge is 0.296 e. The van der Waals surface area contributed by atoms with Crippen LogP contribution in [-0.4, -0.2) is 24.2 Å². The van der Waals surface area contributed by atoms with Crippen molar-refractivity contribution in [3.05, 3.63) is 35.4 Å². The molecule has 0 saturated carbocycles. The quantitative estimate of drug-likeness (QED) is 0.756. The fourth-order valence-corrected chi connectivity index (χ4v) is 2.20. The molecule has 0 aliphatic carbocycles. The number of rotatable bonds is 3. The number of benzene rings is 1. The first-order valence-electron chi connectivity index (χ1n) is 6.10. The van der Waals surface area contributed by atoms with Gasteiger partial charge in [-0.3, -0.25) is 4.90 Å². The summed E-state index contributed by atoms with van der Waals surface area (Å²) in [5, 5.41) is 0. The van der Waals surface area contributed by atoms with Gasteiger partial charge in [0.2, 0.25) is 0 Å². The van der Waals surface area contributed by atoms with E-state index >= 15 is 0 Å². The molecule has 1 aromatic rings. The molecule has 2 rings (SSSR count). The minimum absolute atomic E-state index is 0.580. The zero-order chi connectivity index (χ0) is 11.5. The Morgan fingerprint density at radius 3 is 2.50 bits per heavy atom. The molecule has 1 saturated heterocycles. The Morgan fingerprint density at radius 2 is 2.00 bits per heavy atom. The van der Waals surface area contributed by atoms with E-state index < -0.39 is 6.17 Å². The van der Waals surface area contributed by atoms with Crippen molar-refractivity contribution < 1.29 is 4.39 Å². The van der Waals surface area contributed by atoms with E-state index in [9.17, 15) is 4.39 Å². The molecule has 16 heavy (non-hydrogen) atoms. The molecule has 88 valence electrons. The van der Waals surface area contributed by atoms with Crippen LogP contribution in [0.4, 0.5) is 4.39 Å². The Balaban J connectivity index is 1.95. The third-order valence-electron chi connectivity index (χ3n) is 3.27. The zero-order valence-electron chi connectivity index (χ0n) is 10.1. The molecule has 0 amide bonds. The third-order valence-corrected chi connectivity index (χ3v) is 3.27. The summed E-state index contributed by atoms with van der Waals surface area (Å²) in [5.74, 6) is 0.580. The van der Waals surface area contributed by atoms with Crippen LogP contribution in [0.15, 0.2) is 24.3 Å². The lowest BCUT2D eigenvalue weighted by Crippen LogP contribution is -2.20.